The molecule has 3 nitrogen and oxygen atoms in total. The number of benzene rings is 1. The minimum Gasteiger partial charge on any atom is -0.378 e. The van der Waals surface area contributed by atoms with Crippen molar-refractivity contribution in [2.45, 2.75) is 31.9 Å². The Morgan fingerprint density at radius 2 is 2.33 bits per heavy atom. The molecule has 98 valence electrons. The molecule has 1 aliphatic rings. The molecule has 1 aliphatic heterocycles. The Bertz CT molecular complexity index is 453. The van der Waals surface area contributed by atoms with E-state index in [-0.39, 0.29) is 18.1 Å². The van der Waals surface area contributed by atoms with Crippen LogP contribution in [0.15, 0.2) is 22.7 Å². The number of rotatable bonds is 2. The van der Waals surface area contributed by atoms with Crippen LogP contribution in [0, 0.1) is 0 Å². The lowest BCUT2D eigenvalue weighted by atomic mass is 10.0. The first kappa shape index (κ1) is 13.8. The molecule has 1 aromatic carbocycles. The third-order valence-electron chi connectivity index (χ3n) is 2.99. The summed E-state index contributed by atoms with van der Waals surface area (Å²) in [5.74, 6) is -0.0940. The summed E-state index contributed by atoms with van der Waals surface area (Å²) in [6.45, 7) is 2.72. The largest absolute Gasteiger partial charge is 0.378 e. The van der Waals surface area contributed by atoms with Gasteiger partial charge in [0.1, 0.15) is 0 Å². The van der Waals surface area contributed by atoms with Gasteiger partial charge in [-0.2, -0.15) is 0 Å². The highest BCUT2D eigenvalue weighted by Crippen LogP contribution is 2.22. The van der Waals surface area contributed by atoms with E-state index in [0.717, 1.165) is 17.3 Å². The topological polar surface area (TPSA) is 38.3 Å². The van der Waals surface area contributed by atoms with Crippen LogP contribution in [0.4, 0.5) is 0 Å². The second kappa shape index (κ2) is 6.04. The molecule has 0 radical (unpaired) electrons. The van der Waals surface area contributed by atoms with Gasteiger partial charge in [-0.25, -0.2) is 0 Å². The lowest BCUT2D eigenvalue weighted by Gasteiger charge is -2.28. The molecular formula is C13H15BrClNO2. The number of amides is 1. The van der Waals surface area contributed by atoms with E-state index in [0.29, 0.717) is 17.2 Å². The maximum Gasteiger partial charge on any atom is 0.252 e. The average Bonchev–Trinajstić information content (AvgIpc) is 2.32. The molecule has 0 spiro atoms. The number of ether oxygens (including phenoxy) is 1. The summed E-state index contributed by atoms with van der Waals surface area (Å²) >= 11 is 9.27. The maximum absolute atomic E-state index is 12.2. The maximum atomic E-state index is 12.2. The van der Waals surface area contributed by atoms with Crippen LogP contribution in [-0.2, 0) is 4.74 Å². The molecule has 1 heterocycles. The normalized spacial score (nSPS) is 23.7. The van der Waals surface area contributed by atoms with Crippen LogP contribution >= 0.6 is 27.5 Å². The summed E-state index contributed by atoms with van der Waals surface area (Å²) in [5.41, 5.74) is 0.571. The molecule has 1 saturated heterocycles. The highest BCUT2D eigenvalue weighted by Gasteiger charge is 2.22. The molecule has 1 fully saturated rings. The zero-order chi connectivity index (χ0) is 13.1. The zero-order valence-electron chi connectivity index (χ0n) is 10.1. The number of hydrogen-bond acceptors (Lipinski definition) is 2. The van der Waals surface area contributed by atoms with Crippen molar-refractivity contribution in [3.8, 4) is 0 Å². The molecule has 2 atom stereocenters. The Labute approximate surface area is 120 Å². The van der Waals surface area contributed by atoms with E-state index >= 15 is 0 Å². The Kier molecular flexibility index (Phi) is 4.65. The zero-order valence-corrected chi connectivity index (χ0v) is 12.4. The first-order valence-corrected chi connectivity index (χ1v) is 7.11. The Balaban J connectivity index is 2.05. The monoisotopic (exact) mass is 331 g/mol. The SMILES string of the molecule is CC1CC(NC(=O)c2cc(Cl)ccc2Br)CCO1. The van der Waals surface area contributed by atoms with Gasteiger partial charge in [-0.05, 0) is 53.9 Å². The van der Waals surface area contributed by atoms with Crippen LogP contribution < -0.4 is 5.32 Å². The lowest BCUT2D eigenvalue weighted by molar-refractivity contribution is 0.0136. The van der Waals surface area contributed by atoms with Crippen molar-refractivity contribution in [2.24, 2.45) is 0 Å². The van der Waals surface area contributed by atoms with Gasteiger partial charge >= 0.3 is 0 Å². The van der Waals surface area contributed by atoms with Crippen molar-refractivity contribution in [3.05, 3.63) is 33.3 Å². The third-order valence-corrected chi connectivity index (χ3v) is 3.92. The Hall–Kier alpha value is -0.580. The summed E-state index contributed by atoms with van der Waals surface area (Å²) in [4.78, 5) is 12.2. The standard InChI is InChI=1S/C13H15BrClNO2/c1-8-6-10(4-5-18-8)16-13(17)11-7-9(15)2-3-12(11)14/h2-3,7-8,10H,4-6H2,1H3,(H,16,17). The van der Waals surface area contributed by atoms with Gasteiger partial charge in [0.05, 0.1) is 11.7 Å². The molecule has 0 aliphatic carbocycles. The highest BCUT2D eigenvalue weighted by molar-refractivity contribution is 9.10. The predicted octanol–water partition coefficient (Wildman–Crippen LogP) is 3.40. The summed E-state index contributed by atoms with van der Waals surface area (Å²) in [7, 11) is 0. The summed E-state index contributed by atoms with van der Waals surface area (Å²) < 4.78 is 6.21. The number of carbonyl (C=O) groups is 1. The van der Waals surface area contributed by atoms with Crippen molar-refractivity contribution in [2.75, 3.05) is 6.61 Å². The molecule has 18 heavy (non-hydrogen) atoms. The Morgan fingerprint density at radius 3 is 3.06 bits per heavy atom. The van der Waals surface area contributed by atoms with E-state index in [2.05, 4.69) is 21.2 Å². The fourth-order valence-electron chi connectivity index (χ4n) is 2.06. The van der Waals surface area contributed by atoms with Crippen LogP contribution in [0.5, 0.6) is 0 Å². The van der Waals surface area contributed by atoms with E-state index in [9.17, 15) is 4.79 Å². The Morgan fingerprint density at radius 1 is 1.56 bits per heavy atom. The quantitative estimate of drug-likeness (QED) is 0.901. The van der Waals surface area contributed by atoms with Gasteiger partial charge in [-0.1, -0.05) is 11.6 Å². The second-order valence-electron chi connectivity index (χ2n) is 4.50. The fraction of sp³-hybridized carbons (Fsp3) is 0.462. The molecule has 0 saturated carbocycles. The first-order chi connectivity index (χ1) is 8.56. The van der Waals surface area contributed by atoms with E-state index in [1.807, 2.05) is 6.92 Å². The number of hydrogen-bond donors (Lipinski definition) is 1. The van der Waals surface area contributed by atoms with Crippen LogP contribution in [0.3, 0.4) is 0 Å². The van der Waals surface area contributed by atoms with Crippen molar-refractivity contribution in [1.82, 2.24) is 5.32 Å². The fourth-order valence-corrected chi connectivity index (χ4v) is 2.66. The van der Waals surface area contributed by atoms with Crippen molar-refractivity contribution in [3.63, 3.8) is 0 Å². The van der Waals surface area contributed by atoms with E-state index < -0.39 is 0 Å². The van der Waals surface area contributed by atoms with Crippen molar-refractivity contribution >= 4 is 33.4 Å². The van der Waals surface area contributed by atoms with Crippen molar-refractivity contribution in [1.29, 1.82) is 0 Å². The van der Waals surface area contributed by atoms with Gasteiger partial charge < -0.3 is 10.1 Å². The lowest BCUT2D eigenvalue weighted by Crippen LogP contribution is -2.41. The van der Waals surface area contributed by atoms with Crippen LogP contribution in [-0.4, -0.2) is 24.7 Å². The second-order valence-corrected chi connectivity index (χ2v) is 5.79. The number of halogens is 2. The van der Waals surface area contributed by atoms with E-state index in [4.69, 9.17) is 16.3 Å². The summed E-state index contributed by atoms with van der Waals surface area (Å²) in [5, 5.41) is 3.59. The molecular weight excluding hydrogens is 318 g/mol. The first-order valence-electron chi connectivity index (χ1n) is 5.94. The van der Waals surface area contributed by atoms with Gasteiger partial charge in [0.15, 0.2) is 0 Å². The van der Waals surface area contributed by atoms with Gasteiger partial charge in [0.25, 0.3) is 5.91 Å². The summed E-state index contributed by atoms with van der Waals surface area (Å²) in [6, 6.07) is 5.37. The minimum absolute atomic E-state index is 0.0940. The van der Waals surface area contributed by atoms with Gasteiger partial charge in [0.2, 0.25) is 0 Å². The molecule has 5 heteroatoms. The molecule has 2 unspecified atom stereocenters. The van der Waals surface area contributed by atoms with Gasteiger partial charge in [-0.15, -0.1) is 0 Å². The number of carbonyl (C=O) groups excluding carboxylic acids is 1. The molecule has 1 aromatic rings. The van der Waals surface area contributed by atoms with Crippen LogP contribution in [0.1, 0.15) is 30.1 Å². The molecule has 1 amide bonds. The molecule has 0 aromatic heterocycles. The molecule has 0 bridgehead atoms. The summed E-state index contributed by atoms with van der Waals surface area (Å²) in [6.07, 6.45) is 1.91. The van der Waals surface area contributed by atoms with E-state index in [1.54, 1.807) is 18.2 Å². The number of nitrogens with one attached hydrogen (secondary N) is 1. The van der Waals surface area contributed by atoms with Crippen LogP contribution in [0.25, 0.3) is 0 Å². The van der Waals surface area contributed by atoms with Crippen LogP contribution in [0.2, 0.25) is 5.02 Å². The van der Waals surface area contributed by atoms with Gasteiger partial charge in [0, 0.05) is 22.1 Å². The van der Waals surface area contributed by atoms with E-state index in [1.165, 1.54) is 0 Å². The molecule has 1 N–H and O–H groups in total. The minimum atomic E-state index is -0.0940. The third kappa shape index (κ3) is 3.46. The van der Waals surface area contributed by atoms with Crippen molar-refractivity contribution < 1.29 is 9.53 Å². The highest BCUT2D eigenvalue weighted by atomic mass is 79.9. The predicted molar refractivity (Wildman–Crippen MR) is 75.1 cm³/mol. The molecule has 2 rings (SSSR count). The average molecular weight is 333 g/mol. The smallest absolute Gasteiger partial charge is 0.252 e. The van der Waals surface area contributed by atoms with Gasteiger partial charge in [-0.3, -0.25) is 4.79 Å².